The van der Waals surface area contributed by atoms with Gasteiger partial charge in [0, 0.05) is 11.6 Å². The molecule has 0 aliphatic heterocycles. The van der Waals surface area contributed by atoms with Crippen molar-refractivity contribution in [2.45, 2.75) is 123 Å². The third kappa shape index (κ3) is 10.9. The predicted molar refractivity (Wildman–Crippen MR) is 160 cm³/mol. The fourth-order valence-corrected chi connectivity index (χ4v) is 5.50. The first-order valence-electron chi connectivity index (χ1n) is 14.7. The van der Waals surface area contributed by atoms with Gasteiger partial charge in [0.05, 0.1) is 16.1 Å². The maximum Gasteiger partial charge on any atom is 0.147 e. The molecule has 5 heteroatoms. The maximum absolute atomic E-state index is 6.29. The molecule has 1 aromatic heterocycles. The van der Waals surface area contributed by atoms with E-state index in [1.165, 1.54) is 102 Å². The minimum atomic E-state index is 0.384. The Balaban J connectivity index is 1.30. The number of para-hydroxylation sites is 2. The first-order chi connectivity index (χ1) is 18.2. The Kier molecular flexibility index (Phi) is 14.3. The lowest BCUT2D eigenvalue weighted by Crippen LogP contribution is -2.08. The lowest BCUT2D eigenvalue weighted by atomic mass is 10.0. The summed E-state index contributed by atoms with van der Waals surface area (Å²) >= 11 is 12.3. The molecule has 3 rings (SSSR count). The molecule has 3 nitrogen and oxygen atoms in total. The van der Waals surface area contributed by atoms with Crippen LogP contribution in [0, 0.1) is 0 Å². The van der Waals surface area contributed by atoms with Gasteiger partial charge in [-0.3, -0.25) is 0 Å². The van der Waals surface area contributed by atoms with E-state index in [1.54, 1.807) is 12.1 Å². The van der Waals surface area contributed by atoms with E-state index in [0.29, 0.717) is 22.4 Å². The number of nitrogens with zero attached hydrogens (tertiary/aromatic N) is 2. The predicted octanol–water partition coefficient (Wildman–Crippen LogP) is 11.2. The molecule has 0 radical (unpaired) electrons. The number of ether oxygens (including phenoxy) is 1. The number of aromatic nitrogens is 2. The van der Waals surface area contributed by atoms with E-state index < -0.39 is 0 Å². The molecule has 1 heterocycles. The molecule has 0 atom stereocenters. The molecule has 0 bridgehead atoms. The van der Waals surface area contributed by atoms with Crippen LogP contribution in [0.3, 0.4) is 0 Å². The van der Waals surface area contributed by atoms with Crippen molar-refractivity contribution in [3.05, 3.63) is 58.3 Å². The summed E-state index contributed by atoms with van der Waals surface area (Å²) in [5.74, 6) is 1.57. The highest BCUT2D eigenvalue weighted by Crippen LogP contribution is 2.28. The van der Waals surface area contributed by atoms with Crippen LogP contribution in [0.4, 0.5) is 0 Å². The molecule has 0 fully saturated rings. The van der Waals surface area contributed by atoms with Crippen LogP contribution in [0.2, 0.25) is 10.0 Å². The van der Waals surface area contributed by atoms with Crippen LogP contribution >= 0.6 is 23.2 Å². The van der Waals surface area contributed by atoms with Gasteiger partial charge in [-0.15, -0.1) is 0 Å². The molecule has 37 heavy (non-hydrogen) atoms. The number of imidazole rings is 1. The van der Waals surface area contributed by atoms with Crippen molar-refractivity contribution >= 4 is 34.2 Å². The Labute approximate surface area is 234 Å². The number of unbranched alkanes of at least 4 members (excludes halogenated alkanes) is 15. The number of hydrogen-bond donors (Lipinski definition) is 0. The standard InChI is InChI=1S/C32H46Cl2N2O/c1-2-3-4-5-6-7-8-9-10-11-12-13-14-15-16-19-24-36-30-21-18-17-20-29(30)35-32(36)26-37-31-23-22-27(33)25-28(31)34/h17-18,20-23,25H,2-16,19,24,26H2,1H3. The molecule has 0 amide bonds. The Morgan fingerprint density at radius 2 is 1.27 bits per heavy atom. The van der Waals surface area contributed by atoms with Crippen LogP contribution in [0.25, 0.3) is 11.0 Å². The minimum absolute atomic E-state index is 0.384. The van der Waals surface area contributed by atoms with Gasteiger partial charge < -0.3 is 9.30 Å². The molecular weight excluding hydrogens is 499 g/mol. The fourth-order valence-electron chi connectivity index (χ4n) is 5.04. The van der Waals surface area contributed by atoms with E-state index in [9.17, 15) is 0 Å². The topological polar surface area (TPSA) is 27.1 Å². The van der Waals surface area contributed by atoms with Gasteiger partial charge >= 0.3 is 0 Å². The molecule has 2 aromatic carbocycles. The molecule has 0 saturated carbocycles. The maximum atomic E-state index is 6.29. The highest BCUT2D eigenvalue weighted by Gasteiger charge is 2.12. The highest BCUT2D eigenvalue weighted by molar-refractivity contribution is 6.35. The number of fused-ring (bicyclic) bond motifs is 1. The van der Waals surface area contributed by atoms with Gasteiger partial charge in [-0.1, -0.05) is 139 Å². The Morgan fingerprint density at radius 3 is 1.86 bits per heavy atom. The summed E-state index contributed by atoms with van der Waals surface area (Å²) < 4.78 is 8.32. The zero-order chi connectivity index (χ0) is 26.1. The van der Waals surface area contributed by atoms with Crippen LogP contribution in [0.1, 0.15) is 115 Å². The summed E-state index contributed by atoms with van der Waals surface area (Å²) in [5.41, 5.74) is 2.18. The highest BCUT2D eigenvalue weighted by atomic mass is 35.5. The first kappa shape index (κ1) is 29.8. The van der Waals surface area contributed by atoms with Gasteiger partial charge in [0.25, 0.3) is 0 Å². The van der Waals surface area contributed by atoms with Crippen molar-refractivity contribution in [1.82, 2.24) is 9.55 Å². The molecule has 0 aliphatic carbocycles. The molecule has 0 saturated heterocycles. The van der Waals surface area contributed by atoms with E-state index in [2.05, 4.69) is 29.7 Å². The molecule has 0 aliphatic rings. The Bertz CT molecular complexity index is 1030. The zero-order valence-electron chi connectivity index (χ0n) is 22.8. The first-order valence-corrected chi connectivity index (χ1v) is 15.5. The Morgan fingerprint density at radius 1 is 0.703 bits per heavy atom. The molecule has 204 valence electrons. The second-order valence-corrected chi connectivity index (χ2v) is 11.2. The summed E-state index contributed by atoms with van der Waals surface area (Å²) in [6, 6.07) is 13.6. The third-order valence-electron chi connectivity index (χ3n) is 7.22. The lowest BCUT2D eigenvalue weighted by Gasteiger charge is -2.11. The second kappa shape index (κ2) is 17.7. The summed E-state index contributed by atoms with van der Waals surface area (Å²) in [6.07, 6.45) is 22.1. The summed E-state index contributed by atoms with van der Waals surface area (Å²) in [4.78, 5) is 4.84. The molecule has 3 aromatic rings. The lowest BCUT2D eigenvalue weighted by molar-refractivity contribution is 0.289. The van der Waals surface area contributed by atoms with Crippen LogP contribution in [-0.2, 0) is 13.2 Å². The number of aryl methyl sites for hydroxylation is 1. The smallest absolute Gasteiger partial charge is 0.147 e. The zero-order valence-corrected chi connectivity index (χ0v) is 24.3. The van der Waals surface area contributed by atoms with Crippen molar-refractivity contribution in [2.24, 2.45) is 0 Å². The summed E-state index contributed by atoms with van der Waals surface area (Å²) in [6.45, 7) is 3.64. The van der Waals surface area contributed by atoms with Crippen LogP contribution in [-0.4, -0.2) is 9.55 Å². The van der Waals surface area contributed by atoms with Gasteiger partial charge in [-0.05, 0) is 36.8 Å². The molecule has 0 unspecified atom stereocenters. The average Bonchev–Trinajstić information content (AvgIpc) is 3.25. The molecular formula is C32H46Cl2N2O. The second-order valence-electron chi connectivity index (χ2n) is 10.3. The normalized spacial score (nSPS) is 11.4. The van der Waals surface area contributed by atoms with Crippen molar-refractivity contribution in [2.75, 3.05) is 0 Å². The minimum Gasteiger partial charge on any atom is -0.484 e. The quantitative estimate of drug-likeness (QED) is 0.132. The number of benzene rings is 2. The average molecular weight is 546 g/mol. The number of rotatable bonds is 20. The van der Waals surface area contributed by atoms with Crippen LogP contribution in [0.15, 0.2) is 42.5 Å². The van der Waals surface area contributed by atoms with Crippen LogP contribution in [0.5, 0.6) is 5.75 Å². The molecule has 0 N–H and O–H groups in total. The SMILES string of the molecule is CCCCCCCCCCCCCCCCCCn1c(COc2ccc(Cl)cc2Cl)nc2ccccc21. The number of halogens is 2. The van der Waals surface area contributed by atoms with Gasteiger partial charge in [0.1, 0.15) is 18.2 Å². The van der Waals surface area contributed by atoms with Gasteiger partial charge in [0.15, 0.2) is 0 Å². The van der Waals surface area contributed by atoms with Crippen molar-refractivity contribution in [3.8, 4) is 5.75 Å². The van der Waals surface area contributed by atoms with E-state index in [4.69, 9.17) is 32.9 Å². The van der Waals surface area contributed by atoms with Crippen molar-refractivity contribution < 1.29 is 4.74 Å². The van der Waals surface area contributed by atoms with E-state index >= 15 is 0 Å². The summed E-state index contributed by atoms with van der Waals surface area (Å²) in [5, 5.41) is 1.13. The largest absolute Gasteiger partial charge is 0.484 e. The van der Waals surface area contributed by atoms with Gasteiger partial charge in [0.2, 0.25) is 0 Å². The van der Waals surface area contributed by atoms with Crippen molar-refractivity contribution in [1.29, 1.82) is 0 Å². The third-order valence-corrected chi connectivity index (χ3v) is 7.75. The molecule has 0 spiro atoms. The van der Waals surface area contributed by atoms with Crippen molar-refractivity contribution in [3.63, 3.8) is 0 Å². The van der Waals surface area contributed by atoms with E-state index in [1.807, 2.05) is 12.1 Å². The number of hydrogen-bond acceptors (Lipinski definition) is 2. The summed E-state index contributed by atoms with van der Waals surface area (Å²) in [7, 11) is 0. The fraction of sp³-hybridized carbons (Fsp3) is 0.594. The Hall–Kier alpha value is -1.71. The van der Waals surface area contributed by atoms with E-state index in [0.717, 1.165) is 24.3 Å². The van der Waals surface area contributed by atoms with Gasteiger partial charge in [-0.25, -0.2) is 4.98 Å². The van der Waals surface area contributed by atoms with Gasteiger partial charge in [-0.2, -0.15) is 0 Å². The monoisotopic (exact) mass is 544 g/mol. The van der Waals surface area contributed by atoms with E-state index in [-0.39, 0.29) is 0 Å². The van der Waals surface area contributed by atoms with Crippen LogP contribution < -0.4 is 4.74 Å².